The van der Waals surface area contributed by atoms with E-state index in [0.717, 1.165) is 24.3 Å². The lowest BCUT2D eigenvalue weighted by molar-refractivity contribution is 0.0153. The molecular formula is C11H16O2. The highest BCUT2D eigenvalue weighted by Crippen LogP contribution is 2.15. The van der Waals surface area contributed by atoms with Crippen molar-refractivity contribution in [3.05, 3.63) is 29.8 Å². The maximum absolute atomic E-state index is 5.42. The molecule has 2 heteroatoms. The number of aryl methyl sites for hydroxylation is 1. The van der Waals surface area contributed by atoms with Crippen molar-refractivity contribution < 1.29 is 9.47 Å². The fraction of sp³-hybridized carbons (Fsp3) is 0.455. The summed E-state index contributed by atoms with van der Waals surface area (Å²) in [4.78, 5) is 0. The minimum atomic E-state index is 0.346. The van der Waals surface area contributed by atoms with Crippen LogP contribution < -0.4 is 4.74 Å². The van der Waals surface area contributed by atoms with Gasteiger partial charge >= 0.3 is 0 Å². The fourth-order valence-electron chi connectivity index (χ4n) is 1.03. The summed E-state index contributed by atoms with van der Waals surface area (Å²) >= 11 is 0. The van der Waals surface area contributed by atoms with E-state index in [1.165, 1.54) is 0 Å². The molecule has 0 saturated carbocycles. The van der Waals surface area contributed by atoms with Crippen LogP contribution in [-0.2, 0) is 4.74 Å². The largest absolute Gasteiger partial charge is 0.467 e. The van der Waals surface area contributed by atoms with Gasteiger partial charge in [0, 0.05) is 0 Å². The predicted octanol–water partition coefficient (Wildman–Crippen LogP) is 2.76. The number of para-hydroxylation sites is 1. The van der Waals surface area contributed by atoms with Crippen LogP contribution in [0.25, 0.3) is 0 Å². The number of ether oxygens (including phenoxy) is 2. The molecule has 0 heterocycles. The second-order valence-electron chi connectivity index (χ2n) is 2.94. The Morgan fingerprint density at radius 2 is 2.00 bits per heavy atom. The molecule has 0 fully saturated rings. The van der Waals surface area contributed by atoms with Crippen molar-refractivity contribution >= 4 is 0 Å². The van der Waals surface area contributed by atoms with E-state index in [0.29, 0.717) is 6.79 Å². The Labute approximate surface area is 79.5 Å². The van der Waals surface area contributed by atoms with E-state index in [1.807, 2.05) is 31.2 Å². The molecule has 2 nitrogen and oxygen atoms in total. The minimum Gasteiger partial charge on any atom is -0.467 e. The zero-order valence-corrected chi connectivity index (χ0v) is 8.25. The smallest absolute Gasteiger partial charge is 0.189 e. The Balaban J connectivity index is 2.32. The zero-order valence-electron chi connectivity index (χ0n) is 8.25. The first-order valence-corrected chi connectivity index (χ1v) is 4.60. The van der Waals surface area contributed by atoms with Gasteiger partial charge in [-0.2, -0.15) is 0 Å². The van der Waals surface area contributed by atoms with Crippen LogP contribution in [0.3, 0.4) is 0 Å². The summed E-state index contributed by atoms with van der Waals surface area (Å²) in [5.74, 6) is 0.901. The molecule has 13 heavy (non-hydrogen) atoms. The van der Waals surface area contributed by atoms with Crippen LogP contribution >= 0.6 is 0 Å². The molecule has 0 N–H and O–H groups in total. The second-order valence-corrected chi connectivity index (χ2v) is 2.94. The van der Waals surface area contributed by atoms with Gasteiger partial charge in [-0.1, -0.05) is 25.1 Å². The van der Waals surface area contributed by atoms with Crippen molar-refractivity contribution in [2.45, 2.75) is 20.3 Å². The molecule has 1 rings (SSSR count). The van der Waals surface area contributed by atoms with Crippen molar-refractivity contribution in [2.24, 2.45) is 0 Å². The summed E-state index contributed by atoms with van der Waals surface area (Å²) in [6.07, 6.45) is 1.02. The van der Waals surface area contributed by atoms with E-state index >= 15 is 0 Å². The maximum atomic E-state index is 5.42. The first kappa shape index (κ1) is 10.1. The Hall–Kier alpha value is -1.02. The molecule has 0 spiro atoms. The number of rotatable bonds is 5. The molecule has 0 aliphatic carbocycles. The van der Waals surface area contributed by atoms with E-state index in [-0.39, 0.29) is 0 Å². The quantitative estimate of drug-likeness (QED) is 0.512. The Morgan fingerprint density at radius 1 is 1.23 bits per heavy atom. The average molecular weight is 180 g/mol. The van der Waals surface area contributed by atoms with Gasteiger partial charge in [0.15, 0.2) is 6.79 Å². The third kappa shape index (κ3) is 3.47. The number of hydrogen-bond donors (Lipinski definition) is 0. The standard InChI is InChI=1S/C11H16O2/c1-3-8-12-9-13-11-7-5-4-6-10(11)2/h4-7H,3,8-9H2,1-2H3. The van der Waals surface area contributed by atoms with Crippen molar-refractivity contribution in [1.29, 1.82) is 0 Å². The van der Waals surface area contributed by atoms with E-state index in [9.17, 15) is 0 Å². The van der Waals surface area contributed by atoms with Gasteiger partial charge in [-0.3, -0.25) is 0 Å². The van der Waals surface area contributed by atoms with Crippen molar-refractivity contribution in [3.8, 4) is 5.75 Å². The number of benzene rings is 1. The molecule has 0 aromatic heterocycles. The highest BCUT2D eigenvalue weighted by Gasteiger charge is 1.95. The predicted molar refractivity (Wildman–Crippen MR) is 52.9 cm³/mol. The molecule has 0 aliphatic rings. The lowest BCUT2D eigenvalue weighted by Gasteiger charge is -2.08. The lowest BCUT2D eigenvalue weighted by atomic mass is 10.2. The van der Waals surface area contributed by atoms with Crippen molar-refractivity contribution in [1.82, 2.24) is 0 Å². The summed E-state index contributed by atoms with van der Waals surface area (Å²) in [6.45, 7) is 5.20. The van der Waals surface area contributed by atoms with Crippen molar-refractivity contribution in [2.75, 3.05) is 13.4 Å². The Kier molecular flexibility index (Phi) is 4.33. The SMILES string of the molecule is CCCOCOc1ccccc1C. The molecule has 0 atom stereocenters. The third-order valence-electron chi connectivity index (χ3n) is 1.74. The summed E-state index contributed by atoms with van der Waals surface area (Å²) in [6, 6.07) is 7.93. The fourth-order valence-corrected chi connectivity index (χ4v) is 1.03. The lowest BCUT2D eigenvalue weighted by Crippen LogP contribution is -2.04. The summed E-state index contributed by atoms with van der Waals surface area (Å²) in [5, 5.41) is 0. The van der Waals surface area contributed by atoms with Gasteiger partial charge in [0.2, 0.25) is 0 Å². The topological polar surface area (TPSA) is 18.5 Å². The van der Waals surface area contributed by atoms with Gasteiger partial charge in [0.25, 0.3) is 0 Å². The number of hydrogen-bond acceptors (Lipinski definition) is 2. The molecule has 0 aliphatic heterocycles. The minimum absolute atomic E-state index is 0.346. The van der Waals surface area contributed by atoms with Crippen LogP contribution in [0.2, 0.25) is 0 Å². The summed E-state index contributed by atoms with van der Waals surface area (Å²) < 4.78 is 10.6. The first-order chi connectivity index (χ1) is 6.34. The van der Waals surface area contributed by atoms with Gasteiger partial charge in [0.1, 0.15) is 5.75 Å². The molecule has 0 amide bonds. The normalized spacial score (nSPS) is 10.0. The zero-order chi connectivity index (χ0) is 9.52. The molecule has 72 valence electrons. The monoisotopic (exact) mass is 180 g/mol. The van der Waals surface area contributed by atoms with Crippen molar-refractivity contribution in [3.63, 3.8) is 0 Å². The van der Waals surface area contributed by atoms with E-state index in [4.69, 9.17) is 9.47 Å². The van der Waals surface area contributed by atoms with Crippen LogP contribution in [0.1, 0.15) is 18.9 Å². The van der Waals surface area contributed by atoms with Crippen LogP contribution in [0, 0.1) is 6.92 Å². The van der Waals surface area contributed by atoms with E-state index in [1.54, 1.807) is 0 Å². The average Bonchev–Trinajstić information content (AvgIpc) is 2.15. The van der Waals surface area contributed by atoms with Gasteiger partial charge in [-0.05, 0) is 25.0 Å². The molecular weight excluding hydrogens is 164 g/mol. The van der Waals surface area contributed by atoms with Crippen LogP contribution in [0.4, 0.5) is 0 Å². The second kappa shape index (κ2) is 5.60. The van der Waals surface area contributed by atoms with E-state index < -0.39 is 0 Å². The summed E-state index contributed by atoms with van der Waals surface area (Å²) in [5.41, 5.74) is 1.14. The van der Waals surface area contributed by atoms with Crippen LogP contribution in [0.15, 0.2) is 24.3 Å². The molecule has 1 aromatic carbocycles. The maximum Gasteiger partial charge on any atom is 0.189 e. The van der Waals surface area contributed by atoms with Gasteiger partial charge in [-0.25, -0.2) is 0 Å². The van der Waals surface area contributed by atoms with Crippen LogP contribution in [0.5, 0.6) is 5.75 Å². The molecule has 0 saturated heterocycles. The Morgan fingerprint density at radius 3 is 2.69 bits per heavy atom. The molecule has 0 unspecified atom stereocenters. The first-order valence-electron chi connectivity index (χ1n) is 4.60. The molecule has 1 aromatic rings. The van der Waals surface area contributed by atoms with Crippen LogP contribution in [-0.4, -0.2) is 13.4 Å². The highest BCUT2D eigenvalue weighted by molar-refractivity contribution is 5.31. The van der Waals surface area contributed by atoms with Gasteiger partial charge in [0.05, 0.1) is 6.61 Å². The summed E-state index contributed by atoms with van der Waals surface area (Å²) in [7, 11) is 0. The Bertz CT molecular complexity index is 246. The third-order valence-corrected chi connectivity index (χ3v) is 1.74. The van der Waals surface area contributed by atoms with Gasteiger partial charge < -0.3 is 9.47 Å². The highest BCUT2D eigenvalue weighted by atomic mass is 16.7. The molecule has 0 bridgehead atoms. The van der Waals surface area contributed by atoms with Gasteiger partial charge in [-0.15, -0.1) is 0 Å². The van der Waals surface area contributed by atoms with E-state index in [2.05, 4.69) is 6.92 Å². The molecule has 0 radical (unpaired) electrons.